The lowest BCUT2D eigenvalue weighted by Crippen LogP contribution is -2.46. The Hall–Kier alpha value is -4.44. The van der Waals surface area contributed by atoms with E-state index in [2.05, 4.69) is 19.9 Å². The molecule has 0 unspecified atom stereocenters. The van der Waals surface area contributed by atoms with Gasteiger partial charge in [-0.2, -0.15) is 0 Å². The van der Waals surface area contributed by atoms with Crippen LogP contribution in [0.2, 0.25) is 0 Å². The predicted molar refractivity (Wildman–Crippen MR) is 139 cm³/mol. The van der Waals surface area contributed by atoms with Crippen LogP contribution in [0.4, 0.5) is 0 Å². The molecule has 0 aliphatic carbocycles. The zero-order chi connectivity index (χ0) is 26.4. The van der Waals surface area contributed by atoms with Gasteiger partial charge in [0.15, 0.2) is 6.39 Å². The number of hydrogen-bond acceptors (Lipinski definition) is 6. The van der Waals surface area contributed by atoms with Crippen LogP contribution in [-0.2, 0) is 15.3 Å². The lowest BCUT2D eigenvalue weighted by atomic mass is 9.92. The highest BCUT2D eigenvalue weighted by molar-refractivity contribution is 7.91. The van der Waals surface area contributed by atoms with Crippen molar-refractivity contribution < 1.29 is 12.8 Å². The first kappa shape index (κ1) is 24.3. The third-order valence-electron chi connectivity index (χ3n) is 5.84. The maximum absolute atomic E-state index is 13.6. The molecule has 188 valence electrons. The second-order valence-corrected chi connectivity index (χ2v) is 11.5. The van der Waals surface area contributed by atoms with E-state index in [4.69, 9.17) is 4.42 Å². The van der Waals surface area contributed by atoms with Crippen LogP contribution in [0.1, 0.15) is 37.9 Å². The molecular weight excluding hydrogens is 492 g/mol. The molecule has 37 heavy (non-hydrogen) atoms. The van der Waals surface area contributed by atoms with E-state index in [1.807, 2.05) is 20.8 Å². The van der Waals surface area contributed by atoms with Gasteiger partial charge in [-0.15, -0.1) is 0 Å². The first-order valence-corrected chi connectivity index (χ1v) is 12.9. The van der Waals surface area contributed by atoms with E-state index in [9.17, 15) is 18.0 Å². The summed E-state index contributed by atoms with van der Waals surface area (Å²) in [6.07, 6.45) is 4.06. The molecule has 3 heterocycles. The Balaban J connectivity index is 1.72. The van der Waals surface area contributed by atoms with E-state index < -0.39 is 21.0 Å². The number of hydrogen-bond donors (Lipinski definition) is 3. The van der Waals surface area contributed by atoms with Gasteiger partial charge in [-0.25, -0.2) is 13.4 Å². The summed E-state index contributed by atoms with van der Waals surface area (Å²) >= 11 is 0. The second-order valence-electron chi connectivity index (χ2n) is 9.57. The van der Waals surface area contributed by atoms with Crippen molar-refractivity contribution in [2.45, 2.75) is 36.0 Å². The number of para-hydroxylation sites is 1. The Kier molecular flexibility index (Phi) is 5.83. The predicted octanol–water partition coefficient (Wildman–Crippen LogP) is 2.32. The minimum Gasteiger partial charge on any atom is -0.447 e. The van der Waals surface area contributed by atoms with Crippen LogP contribution >= 0.6 is 0 Å². The van der Waals surface area contributed by atoms with Crippen LogP contribution in [0.15, 0.2) is 84.8 Å². The lowest BCUT2D eigenvalue weighted by Gasteiger charge is -2.14. The number of H-pyrrole nitrogens is 3. The summed E-state index contributed by atoms with van der Waals surface area (Å²) in [6, 6.07) is 15.0. The van der Waals surface area contributed by atoms with Crippen LogP contribution in [0.3, 0.4) is 0 Å². The Bertz CT molecular complexity index is 1970. The molecule has 0 saturated heterocycles. The van der Waals surface area contributed by atoms with Gasteiger partial charge in [0, 0.05) is 16.3 Å². The summed E-state index contributed by atoms with van der Waals surface area (Å²) in [5.74, 6) is 0.567. The quantitative estimate of drug-likeness (QED) is 0.335. The molecule has 0 radical (unpaired) electrons. The first-order valence-electron chi connectivity index (χ1n) is 11.5. The molecule has 0 fully saturated rings. The summed E-state index contributed by atoms with van der Waals surface area (Å²) < 4.78 is 32.7. The van der Waals surface area contributed by atoms with Crippen LogP contribution in [-0.4, -0.2) is 28.4 Å². The van der Waals surface area contributed by atoms with Gasteiger partial charge in [-0.05, 0) is 30.4 Å². The van der Waals surface area contributed by atoms with Crippen molar-refractivity contribution in [2.75, 3.05) is 0 Å². The number of benzene rings is 2. The van der Waals surface area contributed by atoms with Gasteiger partial charge in [0.25, 0.3) is 11.1 Å². The van der Waals surface area contributed by atoms with Crippen molar-refractivity contribution in [2.24, 2.45) is 0 Å². The van der Waals surface area contributed by atoms with Crippen molar-refractivity contribution in [1.82, 2.24) is 19.9 Å². The molecule has 0 saturated carbocycles. The summed E-state index contributed by atoms with van der Waals surface area (Å²) in [4.78, 5) is 38.3. The Morgan fingerprint density at radius 3 is 2.14 bits per heavy atom. The zero-order valence-corrected chi connectivity index (χ0v) is 21.1. The molecular formula is C27H24N4O5S. The standard InChI is InChI=1S/C27H24N4O5S/c1-27(2,3)24-20(28-15-36-24)14-22-26(33)30-21(25(32)31-22)13-19-23(17-11-7-8-12-18(17)29-19)37(34,35)16-9-5-4-6-10-16/h4-15,29H,1-3H3,(H,30,33)(H,31,32)/b21-13-,22-14-. The molecule has 5 rings (SSSR count). The normalized spacial score (nSPS) is 13.5. The maximum atomic E-state index is 13.6. The number of rotatable bonds is 4. The summed E-state index contributed by atoms with van der Waals surface area (Å²) in [5, 5.41) is 0.367. The number of nitrogens with zero attached hydrogens (tertiary/aromatic N) is 1. The largest absolute Gasteiger partial charge is 0.447 e. The van der Waals surface area contributed by atoms with Crippen molar-refractivity contribution in [3.63, 3.8) is 0 Å². The average Bonchev–Trinajstić information content (AvgIpc) is 3.47. The van der Waals surface area contributed by atoms with Gasteiger partial charge in [-0.1, -0.05) is 57.2 Å². The summed E-state index contributed by atoms with van der Waals surface area (Å²) in [7, 11) is -3.95. The monoisotopic (exact) mass is 516 g/mol. The van der Waals surface area contributed by atoms with Crippen molar-refractivity contribution >= 4 is 32.9 Å². The zero-order valence-electron chi connectivity index (χ0n) is 20.3. The fourth-order valence-electron chi connectivity index (χ4n) is 4.14. The third kappa shape index (κ3) is 4.47. The van der Waals surface area contributed by atoms with E-state index in [-0.39, 0.29) is 31.6 Å². The maximum Gasteiger partial charge on any atom is 0.272 e. The van der Waals surface area contributed by atoms with Gasteiger partial charge in [0.1, 0.15) is 27.0 Å². The number of fused-ring (bicyclic) bond motifs is 1. The molecule has 0 amide bonds. The molecule has 0 bridgehead atoms. The number of aromatic nitrogens is 4. The van der Waals surface area contributed by atoms with Gasteiger partial charge >= 0.3 is 0 Å². The highest BCUT2D eigenvalue weighted by atomic mass is 32.2. The van der Waals surface area contributed by atoms with Crippen LogP contribution < -0.4 is 21.8 Å². The fourth-order valence-corrected chi connectivity index (χ4v) is 5.76. The molecule has 10 heteroatoms. The molecule has 0 aliphatic heterocycles. The molecule has 0 spiro atoms. The number of aromatic amines is 3. The van der Waals surface area contributed by atoms with Crippen LogP contribution in [0, 0.1) is 0 Å². The highest BCUT2D eigenvalue weighted by Crippen LogP contribution is 2.32. The van der Waals surface area contributed by atoms with Crippen molar-refractivity contribution in [3.8, 4) is 0 Å². The molecule has 2 aromatic carbocycles. The molecule has 3 aromatic heterocycles. The average molecular weight is 517 g/mol. The van der Waals surface area contributed by atoms with E-state index in [0.29, 0.717) is 22.4 Å². The van der Waals surface area contributed by atoms with E-state index in [0.717, 1.165) is 0 Å². The number of nitrogens with one attached hydrogen (secondary N) is 3. The molecule has 0 atom stereocenters. The van der Waals surface area contributed by atoms with E-state index in [1.54, 1.807) is 42.5 Å². The molecule has 3 N–H and O–H groups in total. The number of sulfone groups is 1. The van der Waals surface area contributed by atoms with E-state index >= 15 is 0 Å². The fraction of sp³-hybridized carbons (Fsp3) is 0.148. The molecule has 5 aromatic rings. The van der Waals surface area contributed by atoms with Gasteiger partial charge in [-0.3, -0.25) is 9.59 Å². The number of oxazole rings is 1. The molecule has 0 aliphatic rings. The Morgan fingerprint density at radius 1 is 0.838 bits per heavy atom. The highest BCUT2D eigenvalue weighted by Gasteiger charge is 2.25. The second kappa shape index (κ2) is 8.90. The van der Waals surface area contributed by atoms with Crippen LogP contribution in [0.5, 0.6) is 0 Å². The SMILES string of the molecule is CC(C)(C)c1ocnc1/C=c1\[nH]c(=O)/c(=C/c2[nH]c3ccccc3c2S(=O)(=O)c2ccccc2)[nH]c1=O. The van der Waals surface area contributed by atoms with Gasteiger partial charge < -0.3 is 19.4 Å². The van der Waals surface area contributed by atoms with Crippen molar-refractivity contribution in [1.29, 1.82) is 0 Å². The van der Waals surface area contributed by atoms with Gasteiger partial charge in [0.2, 0.25) is 9.84 Å². The van der Waals surface area contributed by atoms with Crippen molar-refractivity contribution in [3.05, 3.63) is 110 Å². The minimum absolute atomic E-state index is 0.00433. The van der Waals surface area contributed by atoms with Crippen LogP contribution in [0.25, 0.3) is 23.1 Å². The molecule has 9 nitrogen and oxygen atoms in total. The lowest BCUT2D eigenvalue weighted by molar-refractivity contribution is 0.407. The van der Waals surface area contributed by atoms with E-state index in [1.165, 1.54) is 30.7 Å². The first-order chi connectivity index (χ1) is 17.6. The summed E-state index contributed by atoms with van der Waals surface area (Å²) in [5.41, 5.74) is -0.357. The summed E-state index contributed by atoms with van der Waals surface area (Å²) in [6.45, 7) is 5.83. The Morgan fingerprint density at radius 2 is 1.46 bits per heavy atom. The van der Waals surface area contributed by atoms with Gasteiger partial charge in [0.05, 0.1) is 10.6 Å². The third-order valence-corrected chi connectivity index (χ3v) is 7.71. The minimum atomic E-state index is -3.95. The smallest absolute Gasteiger partial charge is 0.272 e. The topological polar surface area (TPSA) is 142 Å². The Labute approximate surface area is 211 Å².